The molecule has 0 saturated heterocycles. The molecule has 3 rings (SSSR count). The van der Waals surface area contributed by atoms with Gasteiger partial charge in [-0.25, -0.2) is 22.9 Å². The Morgan fingerprint density at radius 2 is 1.81 bits per heavy atom. The highest BCUT2D eigenvalue weighted by atomic mass is 19.2. The van der Waals surface area contributed by atoms with Crippen molar-refractivity contribution >= 4 is 23.1 Å². The van der Waals surface area contributed by atoms with Gasteiger partial charge in [-0.2, -0.15) is 0 Å². The van der Waals surface area contributed by atoms with Gasteiger partial charge in [0, 0.05) is 18.5 Å². The van der Waals surface area contributed by atoms with E-state index in [0.717, 1.165) is 5.56 Å². The summed E-state index contributed by atoms with van der Waals surface area (Å²) in [7, 11) is 0. The standard InChI is InChI=1S/C22H18F3N3O3/c1-2-18(27-19-6-4-3-5-13(19)11-28-8-7-26-12-28)20(22(30)31)21(29)14-9-16(24)17(25)10-15(14)23/h3-10,12,29H,2,11H2,1H3,(H,30,31). The molecule has 0 amide bonds. The lowest BCUT2D eigenvalue weighted by Crippen LogP contribution is -2.15. The number of para-hydroxylation sites is 1. The second-order valence-electron chi connectivity index (χ2n) is 6.55. The van der Waals surface area contributed by atoms with Gasteiger partial charge in [0.05, 0.1) is 29.8 Å². The van der Waals surface area contributed by atoms with Gasteiger partial charge < -0.3 is 14.8 Å². The summed E-state index contributed by atoms with van der Waals surface area (Å²) in [5.41, 5.74) is -0.360. The molecule has 0 radical (unpaired) electrons. The predicted octanol–water partition coefficient (Wildman–Crippen LogP) is 4.89. The molecule has 160 valence electrons. The van der Waals surface area contributed by atoms with Crippen LogP contribution in [0.3, 0.4) is 0 Å². The molecule has 0 bridgehead atoms. The number of hydrogen-bond donors (Lipinski definition) is 2. The van der Waals surface area contributed by atoms with E-state index in [1.54, 1.807) is 54.5 Å². The molecule has 0 saturated carbocycles. The number of carboxylic acids is 1. The summed E-state index contributed by atoms with van der Waals surface area (Å²) in [6.07, 6.45) is 5.04. The van der Waals surface area contributed by atoms with Crippen molar-refractivity contribution in [1.29, 1.82) is 0 Å². The van der Waals surface area contributed by atoms with E-state index in [-0.39, 0.29) is 18.2 Å². The van der Waals surface area contributed by atoms with Gasteiger partial charge in [-0.3, -0.25) is 4.99 Å². The number of halogens is 3. The molecule has 2 aromatic carbocycles. The summed E-state index contributed by atoms with van der Waals surface area (Å²) in [4.78, 5) is 20.3. The van der Waals surface area contributed by atoms with Crippen molar-refractivity contribution in [2.45, 2.75) is 19.9 Å². The zero-order valence-corrected chi connectivity index (χ0v) is 16.4. The normalized spacial score (nSPS) is 12.6. The molecule has 0 fully saturated rings. The summed E-state index contributed by atoms with van der Waals surface area (Å²) in [5, 5.41) is 20.2. The first-order valence-corrected chi connectivity index (χ1v) is 9.24. The predicted molar refractivity (Wildman–Crippen MR) is 109 cm³/mol. The van der Waals surface area contributed by atoms with Crippen LogP contribution in [0, 0.1) is 17.5 Å². The maximum absolute atomic E-state index is 14.1. The van der Waals surface area contributed by atoms with Gasteiger partial charge in [0.25, 0.3) is 0 Å². The van der Waals surface area contributed by atoms with Crippen LogP contribution in [0.4, 0.5) is 18.9 Å². The number of carboxylic acid groups (broad SMARTS) is 1. The first-order chi connectivity index (χ1) is 14.8. The highest BCUT2D eigenvalue weighted by Crippen LogP contribution is 2.27. The Morgan fingerprint density at radius 3 is 2.45 bits per heavy atom. The first-order valence-electron chi connectivity index (χ1n) is 9.24. The van der Waals surface area contributed by atoms with E-state index in [2.05, 4.69) is 9.98 Å². The maximum Gasteiger partial charge on any atom is 0.341 e. The number of aliphatic carboxylic acids is 1. The number of aliphatic hydroxyl groups excluding tert-OH is 1. The number of nitrogens with zero attached hydrogens (tertiary/aromatic N) is 3. The quantitative estimate of drug-likeness (QED) is 0.242. The van der Waals surface area contributed by atoms with Gasteiger partial charge in [-0.1, -0.05) is 25.1 Å². The molecular formula is C22H18F3N3O3. The van der Waals surface area contributed by atoms with Crippen LogP contribution in [0.15, 0.2) is 65.7 Å². The molecule has 1 aromatic heterocycles. The zero-order valence-electron chi connectivity index (χ0n) is 16.4. The molecule has 0 unspecified atom stereocenters. The van der Waals surface area contributed by atoms with Crippen LogP contribution < -0.4 is 0 Å². The van der Waals surface area contributed by atoms with Gasteiger partial charge in [0.1, 0.15) is 17.1 Å². The lowest BCUT2D eigenvalue weighted by Gasteiger charge is -2.12. The van der Waals surface area contributed by atoms with Crippen LogP contribution in [0.25, 0.3) is 5.76 Å². The SMILES string of the molecule is CCC(=Nc1ccccc1Cn1ccnc1)C(C(=O)O)=C(O)c1cc(F)c(F)cc1F. The van der Waals surface area contributed by atoms with Crippen molar-refractivity contribution in [2.75, 3.05) is 0 Å². The number of hydrogen-bond acceptors (Lipinski definition) is 4. The molecule has 0 atom stereocenters. The smallest absolute Gasteiger partial charge is 0.341 e. The van der Waals surface area contributed by atoms with Gasteiger partial charge in [-0.05, 0) is 24.1 Å². The van der Waals surface area contributed by atoms with E-state index in [4.69, 9.17) is 0 Å². The Hall–Kier alpha value is -3.88. The Labute approximate surface area is 175 Å². The van der Waals surface area contributed by atoms with Crippen LogP contribution in [-0.2, 0) is 11.3 Å². The molecule has 0 aliphatic rings. The van der Waals surface area contributed by atoms with Gasteiger partial charge in [0.15, 0.2) is 11.6 Å². The van der Waals surface area contributed by atoms with Gasteiger partial charge in [0.2, 0.25) is 0 Å². The van der Waals surface area contributed by atoms with Crippen LogP contribution >= 0.6 is 0 Å². The monoisotopic (exact) mass is 429 g/mol. The summed E-state index contributed by atoms with van der Waals surface area (Å²) in [6, 6.07) is 7.61. The largest absolute Gasteiger partial charge is 0.506 e. The van der Waals surface area contributed by atoms with Crippen molar-refractivity contribution in [3.8, 4) is 0 Å². The van der Waals surface area contributed by atoms with E-state index in [0.29, 0.717) is 18.3 Å². The molecule has 2 N–H and O–H groups in total. The summed E-state index contributed by atoms with van der Waals surface area (Å²) >= 11 is 0. The van der Waals surface area contributed by atoms with Gasteiger partial charge in [-0.15, -0.1) is 0 Å². The molecular weight excluding hydrogens is 411 g/mol. The summed E-state index contributed by atoms with van der Waals surface area (Å²) in [6.45, 7) is 2.02. The number of aromatic nitrogens is 2. The molecule has 9 heteroatoms. The number of aliphatic imine (C=N–C) groups is 1. The van der Waals surface area contributed by atoms with Crippen molar-refractivity contribution in [3.63, 3.8) is 0 Å². The van der Waals surface area contributed by atoms with E-state index in [1.807, 2.05) is 0 Å². The number of aliphatic hydroxyl groups is 1. The third-order valence-electron chi connectivity index (χ3n) is 4.50. The second kappa shape index (κ2) is 9.29. The van der Waals surface area contributed by atoms with E-state index < -0.39 is 40.3 Å². The number of rotatable bonds is 7. The fourth-order valence-electron chi connectivity index (χ4n) is 2.99. The van der Waals surface area contributed by atoms with Crippen LogP contribution in [0.5, 0.6) is 0 Å². The summed E-state index contributed by atoms with van der Waals surface area (Å²) in [5.74, 6) is -6.81. The van der Waals surface area contributed by atoms with E-state index in [9.17, 15) is 28.2 Å². The average molecular weight is 429 g/mol. The molecule has 3 aromatic rings. The fourth-order valence-corrected chi connectivity index (χ4v) is 2.99. The van der Waals surface area contributed by atoms with Crippen molar-refractivity contribution in [1.82, 2.24) is 9.55 Å². The zero-order chi connectivity index (χ0) is 22.5. The van der Waals surface area contributed by atoms with Crippen molar-refractivity contribution in [3.05, 3.63) is 89.3 Å². The third kappa shape index (κ3) is 4.82. The average Bonchev–Trinajstić information content (AvgIpc) is 3.24. The van der Waals surface area contributed by atoms with Crippen LogP contribution in [0.1, 0.15) is 24.5 Å². The van der Waals surface area contributed by atoms with Crippen LogP contribution in [0.2, 0.25) is 0 Å². The molecule has 31 heavy (non-hydrogen) atoms. The number of imidazole rings is 1. The lowest BCUT2D eigenvalue weighted by atomic mass is 10.0. The number of benzene rings is 2. The minimum absolute atomic E-state index is 0.0628. The fraction of sp³-hybridized carbons (Fsp3) is 0.136. The minimum Gasteiger partial charge on any atom is -0.506 e. The Kier molecular flexibility index (Phi) is 6.54. The minimum atomic E-state index is -1.59. The van der Waals surface area contributed by atoms with Gasteiger partial charge >= 0.3 is 5.97 Å². The number of carbonyl (C=O) groups is 1. The first kappa shape index (κ1) is 21.8. The maximum atomic E-state index is 14.1. The highest BCUT2D eigenvalue weighted by Gasteiger charge is 2.24. The molecule has 6 nitrogen and oxygen atoms in total. The highest BCUT2D eigenvalue weighted by molar-refractivity contribution is 6.24. The van der Waals surface area contributed by atoms with Crippen molar-refractivity contribution < 1.29 is 28.2 Å². The Morgan fingerprint density at radius 1 is 1.10 bits per heavy atom. The third-order valence-corrected chi connectivity index (χ3v) is 4.50. The summed E-state index contributed by atoms with van der Waals surface area (Å²) < 4.78 is 42.7. The molecule has 0 aliphatic heterocycles. The van der Waals surface area contributed by atoms with E-state index >= 15 is 0 Å². The topological polar surface area (TPSA) is 87.7 Å². The Balaban J connectivity index is 2.13. The lowest BCUT2D eigenvalue weighted by molar-refractivity contribution is -0.132. The Bertz CT molecular complexity index is 1170. The molecule has 0 spiro atoms. The van der Waals surface area contributed by atoms with Crippen LogP contribution in [-0.4, -0.2) is 31.4 Å². The second-order valence-corrected chi connectivity index (χ2v) is 6.55. The molecule has 0 aliphatic carbocycles. The van der Waals surface area contributed by atoms with Crippen molar-refractivity contribution in [2.24, 2.45) is 4.99 Å². The molecule has 1 heterocycles. The van der Waals surface area contributed by atoms with E-state index in [1.165, 1.54) is 0 Å².